The highest BCUT2D eigenvalue weighted by molar-refractivity contribution is 6.84. The Bertz CT molecular complexity index is 486. The molecule has 0 saturated heterocycles. The van der Waals surface area contributed by atoms with E-state index in [1.165, 1.54) is 10.4 Å². The Labute approximate surface area is 193 Å². The van der Waals surface area contributed by atoms with Gasteiger partial charge in [-0.2, -0.15) is 0 Å². The third kappa shape index (κ3) is 32.4. The van der Waals surface area contributed by atoms with Crippen molar-refractivity contribution >= 4 is 55.1 Å². The van der Waals surface area contributed by atoms with Gasteiger partial charge in [0.25, 0.3) is 0 Å². The minimum atomic E-state index is -0.919. The van der Waals surface area contributed by atoms with E-state index in [2.05, 4.69) is 139 Å². The molecule has 2 rings (SSSR count). The zero-order valence-corrected chi connectivity index (χ0v) is 28.0. The summed E-state index contributed by atoms with van der Waals surface area (Å²) in [6.07, 6.45) is 0. The third-order valence-electron chi connectivity index (χ3n) is 2.60. The van der Waals surface area contributed by atoms with Gasteiger partial charge in [0.15, 0.2) is 0 Å². The van der Waals surface area contributed by atoms with Crippen molar-refractivity contribution in [3.8, 4) is 0 Å². The van der Waals surface area contributed by atoms with Crippen molar-refractivity contribution < 1.29 is 0 Å². The second-order valence-electron chi connectivity index (χ2n) is 9.69. The van der Waals surface area contributed by atoms with Crippen molar-refractivity contribution in [3.05, 3.63) is 60.7 Å². The molecule has 29 heavy (non-hydrogen) atoms. The van der Waals surface area contributed by atoms with Crippen LogP contribution in [0, 0.1) is 0 Å². The van der Waals surface area contributed by atoms with Gasteiger partial charge in [0, 0.05) is 35.9 Å². The quantitative estimate of drug-likeness (QED) is 0.517. The molecule has 0 aromatic heterocycles. The molecule has 0 fully saturated rings. The zero-order valence-electron chi connectivity index (χ0n) is 21.8. The number of hydrogen-bond donors (Lipinski definition) is 0. The van der Waals surface area contributed by atoms with Crippen LogP contribution in [0.2, 0.25) is 78.6 Å². The number of benzene rings is 2. The lowest BCUT2D eigenvalue weighted by molar-refractivity contribution is 1.71. The Hall–Kier alpha value is -0.476. The molecule has 0 bridgehead atoms. The standard InChI is InChI=1S/C13H14Si.C4H12Si.C3H10Si.2C2H8Si/c1-14(12-8-4-2-5-9-12)13-10-6-3-7-11-13;1-5(2,3)4;1-4(2)3;2*1-3-2/h2-11,14H,1H3;1-4H3;4H,1-3H3;2*3H2,1-2H3. The Balaban J connectivity index is -0.000000375. The lowest BCUT2D eigenvalue weighted by Gasteiger charge is -2.09. The summed E-state index contributed by atoms with van der Waals surface area (Å²) in [7, 11) is -0.835. The fraction of sp³-hybridized carbons (Fsp3) is 0.500. The first-order valence-corrected chi connectivity index (χ1v) is 27.0. The molecule has 2 aromatic rings. The summed E-state index contributed by atoms with van der Waals surface area (Å²) >= 11 is 0. The van der Waals surface area contributed by atoms with Crippen LogP contribution in [0.15, 0.2) is 60.7 Å². The molecule has 0 amide bonds. The van der Waals surface area contributed by atoms with Crippen LogP contribution in [0.1, 0.15) is 0 Å². The van der Waals surface area contributed by atoms with E-state index in [1.54, 1.807) is 0 Å². The maximum Gasteiger partial charge on any atom is 0.0997 e. The van der Waals surface area contributed by atoms with Crippen molar-refractivity contribution in [1.29, 1.82) is 0 Å². The van der Waals surface area contributed by atoms with E-state index in [9.17, 15) is 0 Å². The van der Waals surface area contributed by atoms with Crippen LogP contribution in [-0.4, -0.2) is 44.7 Å². The molecule has 0 unspecified atom stereocenters. The molecule has 0 atom stereocenters. The fourth-order valence-electron chi connectivity index (χ4n) is 1.68. The molecule has 0 heterocycles. The van der Waals surface area contributed by atoms with E-state index < -0.39 is 16.9 Å². The summed E-state index contributed by atoms with van der Waals surface area (Å²) in [5.41, 5.74) is 0. The molecule has 0 N–H and O–H groups in total. The first-order valence-electron chi connectivity index (χ1n) is 11.5. The highest BCUT2D eigenvalue weighted by Gasteiger charge is 2.07. The van der Waals surface area contributed by atoms with Gasteiger partial charge in [-0.1, -0.05) is 150 Å². The van der Waals surface area contributed by atoms with Crippen molar-refractivity contribution in [2.24, 2.45) is 0 Å². The van der Waals surface area contributed by atoms with E-state index in [-0.39, 0.29) is 8.80 Å². The van der Waals surface area contributed by atoms with Gasteiger partial charge in [0.05, 0.1) is 8.80 Å². The third-order valence-corrected chi connectivity index (χ3v) is 5.37. The maximum absolute atomic E-state index is 2.38. The fourth-order valence-corrected chi connectivity index (χ4v) is 3.66. The normalized spacial score (nSPS) is 9.59. The molecule has 168 valence electrons. The van der Waals surface area contributed by atoms with Crippen molar-refractivity contribution in [2.45, 2.75) is 78.6 Å². The van der Waals surface area contributed by atoms with E-state index >= 15 is 0 Å². The van der Waals surface area contributed by atoms with Gasteiger partial charge in [-0.3, -0.25) is 0 Å². The maximum atomic E-state index is 2.38. The molecule has 0 saturated carbocycles. The van der Waals surface area contributed by atoms with Crippen molar-refractivity contribution in [3.63, 3.8) is 0 Å². The van der Waals surface area contributed by atoms with Crippen molar-refractivity contribution in [1.82, 2.24) is 0 Å². The van der Waals surface area contributed by atoms with Crippen LogP contribution in [0.4, 0.5) is 0 Å². The molecule has 0 radical (unpaired) electrons. The van der Waals surface area contributed by atoms with Crippen LogP contribution in [0.25, 0.3) is 0 Å². The molecule has 0 aliphatic rings. The SMILES string of the molecule is C[SiH2]C.C[SiH2]C.C[SiH](C)C.C[SiH](c1ccccc1)c1ccccc1.C[Si](C)(C)C. The molecule has 0 aliphatic heterocycles. The number of rotatable bonds is 2. The second kappa shape index (κ2) is 22.2. The van der Waals surface area contributed by atoms with Gasteiger partial charge >= 0.3 is 0 Å². The van der Waals surface area contributed by atoms with Gasteiger partial charge in [-0.25, -0.2) is 0 Å². The van der Waals surface area contributed by atoms with Crippen molar-refractivity contribution in [2.75, 3.05) is 0 Å². The van der Waals surface area contributed by atoms with Gasteiger partial charge in [0.2, 0.25) is 0 Å². The molecule has 2 aromatic carbocycles. The van der Waals surface area contributed by atoms with E-state index in [1.807, 2.05) is 0 Å². The average Bonchev–Trinajstić information content (AvgIpc) is 2.62. The minimum absolute atomic E-state index is 0.139. The largest absolute Gasteiger partial charge is 0.0997 e. The summed E-state index contributed by atoms with van der Waals surface area (Å²) < 4.78 is 0. The van der Waals surface area contributed by atoms with Gasteiger partial charge in [-0.15, -0.1) is 0 Å². The van der Waals surface area contributed by atoms with Gasteiger partial charge in [0.1, 0.15) is 0 Å². The molecule has 0 nitrogen and oxygen atoms in total. The first kappa shape index (κ1) is 33.2. The van der Waals surface area contributed by atoms with Crippen LogP contribution in [-0.2, 0) is 0 Å². The number of hydrogen-bond acceptors (Lipinski definition) is 0. The average molecular weight is 481 g/mol. The summed E-state index contributed by atoms with van der Waals surface area (Å²) in [4.78, 5) is 0. The van der Waals surface area contributed by atoms with Crippen LogP contribution >= 0.6 is 0 Å². The molecular formula is C24H52Si5. The molecule has 5 heteroatoms. The Morgan fingerprint density at radius 1 is 0.552 bits per heavy atom. The zero-order chi connectivity index (χ0) is 23.3. The summed E-state index contributed by atoms with van der Waals surface area (Å²) in [6.45, 7) is 27.7. The predicted molar refractivity (Wildman–Crippen MR) is 160 cm³/mol. The highest BCUT2D eigenvalue weighted by atomic mass is 28.3. The van der Waals surface area contributed by atoms with Gasteiger partial charge < -0.3 is 0 Å². The van der Waals surface area contributed by atoms with Gasteiger partial charge in [-0.05, 0) is 0 Å². The Morgan fingerprint density at radius 3 is 0.897 bits per heavy atom. The predicted octanol–water partition coefficient (Wildman–Crippen LogP) is 5.22. The minimum Gasteiger partial charge on any atom is -0.0750 e. The summed E-state index contributed by atoms with van der Waals surface area (Å²) in [5, 5.41) is 3.03. The van der Waals surface area contributed by atoms with E-state index in [4.69, 9.17) is 0 Å². The van der Waals surface area contributed by atoms with Crippen LogP contribution < -0.4 is 10.4 Å². The smallest absolute Gasteiger partial charge is 0.0750 e. The topological polar surface area (TPSA) is 0 Å². The Morgan fingerprint density at radius 2 is 0.724 bits per heavy atom. The highest BCUT2D eigenvalue weighted by Crippen LogP contribution is 1.94. The van der Waals surface area contributed by atoms with E-state index in [0.29, 0.717) is 19.0 Å². The lowest BCUT2D eigenvalue weighted by atomic mass is 10.4. The van der Waals surface area contributed by atoms with Crippen LogP contribution in [0.5, 0.6) is 0 Å². The lowest BCUT2D eigenvalue weighted by Crippen LogP contribution is -2.38. The first-order chi connectivity index (χ1) is 13.4. The monoisotopic (exact) mass is 480 g/mol. The Kier molecular flexibility index (Phi) is 25.4. The molecule has 0 spiro atoms. The van der Waals surface area contributed by atoms with E-state index in [0.717, 1.165) is 0 Å². The summed E-state index contributed by atoms with van der Waals surface area (Å²) in [6, 6.07) is 21.6. The summed E-state index contributed by atoms with van der Waals surface area (Å²) in [5.74, 6) is 0. The molecular weight excluding hydrogens is 429 g/mol. The second-order valence-corrected chi connectivity index (χ2v) is 24.8. The molecule has 0 aliphatic carbocycles. The van der Waals surface area contributed by atoms with Crippen LogP contribution in [0.3, 0.4) is 0 Å².